The predicted octanol–water partition coefficient (Wildman–Crippen LogP) is 3.81. The Labute approximate surface area is 162 Å². The van der Waals surface area contributed by atoms with Crippen molar-refractivity contribution in [2.45, 2.75) is 98.2 Å². The van der Waals surface area contributed by atoms with Crippen molar-refractivity contribution in [3.63, 3.8) is 0 Å². The Morgan fingerprint density at radius 1 is 0.846 bits per heavy atom. The van der Waals surface area contributed by atoms with Crippen molar-refractivity contribution in [1.29, 1.82) is 0 Å². The molecular weight excluding hydrogens is 373 g/mol. The van der Waals surface area contributed by atoms with E-state index in [4.69, 9.17) is 0 Å². The number of hydrogen-bond acceptors (Lipinski definition) is 7. The maximum Gasteiger partial charge on any atom is 0.217 e. The van der Waals surface area contributed by atoms with Crippen LogP contribution < -0.4 is 15.3 Å². The molecule has 0 aliphatic rings. The van der Waals surface area contributed by atoms with Gasteiger partial charge in [-0.15, -0.1) is 0 Å². The molecule has 160 valence electrons. The molecule has 0 saturated heterocycles. The first kappa shape index (κ1) is 28.4. The van der Waals surface area contributed by atoms with Crippen LogP contribution >= 0.6 is 7.71 Å². The van der Waals surface area contributed by atoms with Crippen molar-refractivity contribution in [1.82, 2.24) is 15.3 Å². The van der Waals surface area contributed by atoms with Crippen molar-refractivity contribution >= 4 is 18.1 Å². The lowest BCUT2D eigenvalue weighted by molar-refractivity contribution is 0.314. The summed E-state index contributed by atoms with van der Waals surface area (Å²) >= 11 is 0. The van der Waals surface area contributed by atoms with Gasteiger partial charge in [0.1, 0.15) is 0 Å². The Hall–Kier alpha value is 0.180. The van der Waals surface area contributed by atoms with Gasteiger partial charge in [-0.1, -0.05) is 40.0 Å². The lowest BCUT2D eigenvalue weighted by Gasteiger charge is -2.32. The molecule has 0 aromatic heterocycles. The fourth-order valence-electron chi connectivity index (χ4n) is 2.93. The molecule has 0 saturated carbocycles. The van der Waals surface area contributed by atoms with E-state index in [-0.39, 0.29) is 0 Å². The molecule has 3 unspecified atom stereocenters. The van der Waals surface area contributed by atoms with E-state index in [2.05, 4.69) is 67.7 Å². The van der Waals surface area contributed by atoms with E-state index in [1.165, 1.54) is 38.5 Å². The molecule has 9 heteroatoms. The fourth-order valence-corrected chi connectivity index (χ4v) is 6.18. The topological polar surface area (TPSA) is 103 Å². The Bertz CT molecular complexity index is 402. The molecule has 3 N–H and O–H groups in total. The molecule has 0 fully saturated rings. The van der Waals surface area contributed by atoms with Crippen LogP contribution in [-0.4, -0.2) is 44.9 Å². The van der Waals surface area contributed by atoms with Crippen LogP contribution in [0.2, 0.25) is 0 Å². The standard InChI is InChI=1S/C16H39N3P.CH4O4S/c1-8-11-14(4)17-20(7,18-15(5)12-9-2)19-16(6)13-10-3;1-5-6(2,3)4/h14-19H,8-13H2,1-7H3;1H3,(H,2,3,4)/q+1;/p-1. The van der Waals surface area contributed by atoms with E-state index in [9.17, 15) is 13.0 Å². The van der Waals surface area contributed by atoms with Crippen molar-refractivity contribution in [3.8, 4) is 0 Å². The van der Waals surface area contributed by atoms with E-state index < -0.39 is 18.1 Å². The van der Waals surface area contributed by atoms with Gasteiger partial charge >= 0.3 is 0 Å². The summed E-state index contributed by atoms with van der Waals surface area (Å²) in [7, 11) is -5.08. The monoisotopic (exact) mass is 415 g/mol. The molecule has 3 atom stereocenters. The van der Waals surface area contributed by atoms with Gasteiger partial charge in [-0.3, -0.25) is 4.18 Å². The number of rotatable bonds is 13. The van der Waals surface area contributed by atoms with Gasteiger partial charge in [0.25, 0.3) is 0 Å². The summed E-state index contributed by atoms with van der Waals surface area (Å²) in [6, 6.07) is 1.71. The van der Waals surface area contributed by atoms with Crippen molar-refractivity contribution in [2.24, 2.45) is 0 Å². The van der Waals surface area contributed by atoms with Crippen LogP contribution in [0.5, 0.6) is 0 Å². The molecule has 0 amide bonds. The van der Waals surface area contributed by atoms with Crippen LogP contribution in [0.15, 0.2) is 0 Å². The molecule has 0 aromatic carbocycles. The highest BCUT2D eigenvalue weighted by Gasteiger charge is 2.36. The van der Waals surface area contributed by atoms with Crippen LogP contribution in [0.3, 0.4) is 0 Å². The normalized spacial score (nSPS) is 17.6. The highest BCUT2D eigenvalue weighted by Crippen LogP contribution is 2.44. The van der Waals surface area contributed by atoms with E-state index in [0.29, 0.717) is 18.1 Å². The average Bonchev–Trinajstić information content (AvgIpc) is 2.46. The minimum absolute atomic E-state index is 0.570. The molecule has 0 spiro atoms. The van der Waals surface area contributed by atoms with E-state index in [0.717, 1.165) is 7.11 Å². The molecule has 0 bridgehead atoms. The molecular formula is C17H42N3O4PS. The summed E-state index contributed by atoms with van der Waals surface area (Å²) < 4.78 is 31.0. The third-order valence-electron chi connectivity index (χ3n) is 3.80. The Morgan fingerprint density at radius 3 is 1.23 bits per heavy atom. The zero-order valence-electron chi connectivity index (χ0n) is 18.0. The van der Waals surface area contributed by atoms with Crippen molar-refractivity contribution < 1.29 is 17.2 Å². The first-order chi connectivity index (χ1) is 11.9. The van der Waals surface area contributed by atoms with Gasteiger partial charge in [-0.05, 0) is 40.0 Å². The van der Waals surface area contributed by atoms with Crippen LogP contribution in [0.25, 0.3) is 0 Å². The second-order valence-corrected chi connectivity index (χ2v) is 11.0. The van der Waals surface area contributed by atoms with Gasteiger partial charge in [0, 0.05) is 18.1 Å². The molecule has 0 heterocycles. The van der Waals surface area contributed by atoms with Crippen molar-refractivity contribution in [2.75, 3.05) is 13.8 Å². The summed E-state index contributed by atoms with van der Waals surface area (Å²) in [5, 5.41) is 11.6. The third kappa shape index (κ3) is 17.6. The van der Waals surface area contributed by atoms with Crippen LogP contribution in [0.1, 0.15) is 80.1 Å². The zero-order valence-corrected chi connectivity index (χ0v) is 19.7. The van der Waals surface area contributed by atoms with Gasteiger partial charge in [0.05, 0.1) is 13.8 Å². The Kier molecular flexibility index (Phi) is 16.5. The van der Waals surface area contributed by atoms with Gasteiger partial charge in [0.15, 0.2) is 0 Å². The lowest BCUT2D eigenvalue weighted by atomic mass is 10.2. The molecule has 0 aliphatic carbocycles. The molecule has 0 aliphatic heterocycles. The predicted molar refractivity (Wildman–Crippen MR) is 112 cm³/mol. The largest absolute Gasteiger partial charge is 0.726 e. The first-order valence-electron chi connectivity index (χ1n) is 9.64. The minimum Gasteiger partial charge on any atom is -0.726 e. The number of hydrogen-bond donors (Lipinski definition) is 3. The Balaban J connectivity index is 0. The smallest absolute Gasteiger partial charge is 0.217 e. The maximum absolute atomic E-state index is 9.22. The summed E-state index contributed by atoms with van der Waals surface area (Å²) in [4.78, 5) is 0. The lowest BCUT2D eigenvalue weighted by Crippen LogP contribution is -2.46. The number of nitrogens with one attached hydrogen (secondary N) is 3. The van der Waals surface area contributed by atoms with E-state index >= 15 is 0 Å². The third-order valence-corrected chi connectivity index (χ3v) is 7.08. The average molecular weight is 416 g/mol. The minimum atomic E-state index is -4.41. The summed E-state index contributed by atoms with van der Waals surface area (Å²) in [5.41, 5.74) is 0. The second-order valence-electron chi connectivity index (χ2n) is 7.04. The van der Waals surface area contributed by atoms with Gasteiger partial charge < -0.3 is 4.55 Å². The summed E-state index contributed by atoms with van der Waals surface area (Å²) in [5.74, 6) is 0. The fraction of sp³-hybridized carbons (Fsp3) is 1.00. The first-order valence-corrected chi connectivity index (χ1v) is 13.2. The van der Waals surface area contributed by atoms with Crippen molar-refractivity contribution in [3.05, 3.63) is 0 Å². The molecule has 0 rings (SSSR count). The van der Waals surface area contributed by atoms with E-state index in [1.54, 1.807) is 0 Å². The van der Waals surface area contributed by atoms with Crippen LogP contribution in [-0.2, 0) is 14.6 Å². The second kappa shape index (κ2) is 15.1. The molecule has 0 aromatic rings. The zero-order chi connectivity index (χ0) is 20.8. The molecule has 26 heavy (non-hydrogen) atoms. The van der Waals surface area contributed by atoms with E-state index in [1.807, 2.05) is 0 Å². The van der Waals surface area contributed by atoms with Crippen LogP contribution in [0.4, 0.5) is 0 Å². The maximum atomic E-state index is 9.22. The summed E-state index contributed by atoms with van der Waals surface area (Å²) in [6.45, 7) is 16.1. The van der Waals surface area contributed by atoms with Gasteiger partial charge in [-0.2, -0.15) is 15.3 Å². The Morgan fingerprint density at radius 2 is 1.08 bits per heavy atom. The quantitative estimate of drug-likeness (QED) is 0.239. The van der Waals surface area contributed by atoms with Gasteiger partial charge in [0.2, 0.25) is 18.1 Å². The molecule has 0 radical (unpaired) electrons. The van der Waals surface area contributed by atoms with Gasteiger partial charge in [-0.25, -0.2) is 8.42 Å². The highest BCUT2D eigenvalue weighted by atomic mass is 32.3. The highest BCUT2D eigenvalue weighted by molar-refractivity contribution is 7.80. The SMILES string of the molecule is CCCC(C)N[P+](C)(NC(C)CCC)NC(C)CCC.COS(=O)(=O)[O-]. The molecule has 7 nitrogen and oxygen atoms in total. The van der Waals surface area contributed by atoms with Crippen LogP contribution in [0, 0.1) is 0 Å². The summed E-state index contributed by atoms with van der Waals surface area (Å²) in [6.07, 6.45) is 7.44.